The largest absolute Gasteiger partial charge is 0.312 e. The maximum Gasteiger partial charge on any atom is 0.0276 e. The maximum atomic E-state index is 3.81. The lowest BCUT2D eigenvalue weighted by atomic mass is 10.3. The second kappa shape index (κ2) is 14.9. The van der Waals surface area contributed by atoms with Gasteiger partial charge in [-0.3, -0.25) is 4.99 Å². The van der Waals surface area contributed by atoms with Crippen molar-refractivity contribution in [1.29, 1.82) is 0 Å². The van der Waals surface area contributed by atoms with E-state index in [9.17, 15) is 0 Å². The maximum absolute atomic E-state index is 3.81. The minimum atomic E-state index is 1.13. The third-order valence-electron chi connectivity index (χ3n) is 1.02. The quantitative estimate of drug-likeness (QED) is 0.433. The standard InChI is InChI=1S/C5H10.C4H9N.C3H9N/c1-4-5(2)3;1-4(2)5-3;1-4(2)3/h4H,1-3H3;1-3H3;1-3H3. The molecule has 0 aliphatic rings. The first-order valence-electron chi connectivity index (χ1n) is 4.88. The van der Waals surface area contributed by atoms with Crippen LogP contribution < -0.4 is 0 Å². The Morgan fingerprint density at radius 2 is 1.14 bits per heavy atom. The van der Waals surface area contributed by atoms with E-state index in [0.29, 0.717) is 0 Å². The average molecular weight is 200 g/mol. The van der Waals surface area contributed by atoms with E-state index in [1.54, 1.807) is 7.05 Å². The van der Waals surface area contributed by atoms with Gasteiger partial charge >= 0.3 is 0 Å². The molecule has 0 saturated carbocycles. The fourth-order valence-electron chi connectivity index (χ4n) is 0. The minimum absolute atomic E-state index is 1.13. The molecule has 0 aliphatic carbocycles. The normalized spacial score (nSPS) is 7.57. The minimum Gasteiger partial charge on any atom is -0.312 e. The molecule has 0 unspecified atom stereocenters. The van der Waals surface area contributed by atoms with Gasteiger partial charge in [-0.25, -0.2) is 0 Å². The van der Waals surface area contributed by atoms with Gasteiger partial charge in [-0.2, -0.15) is 0 Å². The Morgan fingerprint density at radius 1 is 1.00 bits per heavy atom. The van der Waals surface area contributed by atoms with Crippen molar-refractivity contribution in [2.24, 2.45) is 4.99 Å². The zero-order chi connectivity index (χ0) is 12.1. The van der Waals surface area contributed by atoms with E-state index >= 15 is 0 Å². The molecule has 0 atom stereocenters. The van der Waals surface area contributed by atoms with E-state index in [1.165, 1.54) is 5.57 Å². The Bertz CT molecular complexity index is 129. The highest BCUT2D eigenvalue weighted by atomic mass is 15.0. The highest BCUT2D eigenvalue weighted by molar-refractivity contribution is 5.78. The van der Waals surface area contributed by atoms with Gasteiger partial charge in [0.1, 0.15) is 0 Å². The molecule has 0 N–H and O–H groups in total. The first-order valence-corrected chi connectivity index (χ1v) is 4.88. The van der Waals surface area contributed by atoms with Gasteiger partial charge in [-0.1, -0.05) is 11.6 Å². The molecule has 0 bridgehead atoms. The number of hydrogen-bond acceptors (Lipinski definition) is 2. The van der Waals surface area contributed by atoms with Crippen molar-refractivity contribution in [2.75, 3.05) is 28.2 Å². The molecule has 0 radical (unpaired) electrons. The van der Waals surface area contributed by atoms with Gasteiger partial charge < -0.3 is 4.90 Å². The van der Waals surface area contributed by atoms with Gasteiger partial charge in [0.25, 0.3) is 0 Å². The SMILES string of the molecule is CC=C(C)C.CN(C)C.CN=C(C)C. The molecule has 0 amide bonds. The molecule has 86 valence electrons. The molecular weight excluding hydrogens is 172 g/mol. The molecule has 0 aromatic rings. The molecule has 0 aromatic heterocycles. The summed E-state index contributed by atoms with van der Waals surface area (Å²) in [7, 11) is 7.79. The van der Waals surface area contributed by atoms with E-state index < -0.39 is 0 Å². The first-order chi connectivity index (χ1) is 6.27. The van der Waals surface area contributed by atoms with Crippen molar-refractivity contribution in [3.63, 3.8) is 0 Å². The molecule has 0 saturated heterocycles. The van der Waals surface area contributed by atoms with Crippen LogP contribution in [-0.4, -0.2) is 38.8 Å². The van der Waals surface area contributed by atoms with E-state index in [0.717, 1.165) is 5.71 Å². The van der Waals surface area contributed by atoms with Gasteiger partial charge in [-0.05, 0) is 55.8 Å². The molecule has 0 aliphatic heterocycles. The van der Waals surface area contributed by atoms with Crippen LogP contribution in [0.15, 0.2) is 16.6 Å². The van der Waals surface area contributed by atoms with Gasteiger partial charge in [0.15, 0.2) is 0 Å². The Morgan fingerprint density at radius 3 is 1.14 bits per heavy atom. The summed E-state index contributed by atoms with van der Waals surface area (Å²) in [5, 5.41) is 0. The molecule has 0 rings (SSSR count). The molecule has 0 fully saturated rings. The fourth-order valence-corrected chi connectivity index (χ4v) is 0. The third-order valence-corrected chi connectivity index (χ3v) is 1.02. The highest BCUT2D eigenvalue weighted by Crippen LogP contribution is 1.82. The van der Waals surface area contributed by atoms with Crippen molar-refractivity contribution in [3.05, 3.63) is 11.6 Å². The molecule has 2 nitrogen and oxygen atoms in total. The van der Waals surface area contributed by atoms with Gasteiger partial charge in [0.2, 0.25) is 0 Å². The second-order valence-electron chi connectivity index (χ2n) is 3.88. The van der Waals surface area contributed by atoms with Crippen molar-refractivity contribution in [3.8, 4) is 0 Å². The summed E-state index contributed by atoms with van der Waals surface area (Å²) in [5.41, 5.74) is 2.51. The van der Waals surface area contributed by atoms with E-state index in [4.69, 9.17) is 0 Å². The van der Waals surface area contributed by atoms with Crippen LogP contribution in [-0.2, 0) is 0 Å². The number of nitrogens with zero attached hydrogens (tertiary/aromatic N) is 2. The van der Waals surface area contributed by atoms with Crippen LogP contribution in [0.25, 0.3) is 0 Å². The fraction of sp³-hybridized carbons (Fsp3) is 0.750. The predicted molar refractivity (Wildman–Crippen MR) is 69.4 cm³/mol. The summed E-state index contributed by atoms with van der Waals surface area (Å²) in [4.78, 5) is 5.81. The molecule has 0 aromatic carbocycles. The molecule has 14 heavy (non-hydrogen) atoms. The number of aliphatic imine (C=N–C) groups is 1. The number of rotatable bonds is 0. The van der Waals surface area contributed by atoms with Crippen molar-refractivity contribution >= 4 is 5.71 Å². The second-order valence-corrected chi connectivity index (χ2v) is 3.88. The van der Waals surface area contributed by atoms with Crippen LogP contribution in [0.2, 0.25) is 0 Å². The van der Waals surface area contributed by atoms with Crippen molar-refractivity contribution in [1.82, 2.24) is 4.90 Å². The zero-order valence-corrected chi connectivity index (χ0v) is 11.5. The average Bonchev–Trinajstić information content (AvgIpc) is 2.04. The van der Waals surface area contributed by atoms with Crippen LogP contribution in [0.5, 0.6) is 0 Å². The first kappa shape index (κ1) is 19.0. The summed E-state index contributed by atoms with van der Waals surface area (Å²) in [6.45, 7) is 10.1. The molecular formula is C12H28N2. The Balaban J connectivity index is -0.000000131. The van der Waals surface area contributed by atoms with Gasteiger partial charge in [-0.15, -0.1) is 0 Å². The smallest absolute Gasteiger partial charge is 0.0276 e. The summed E-state index contributed by atoms with van der Waals surface area (Å²) >= 11 is 0. The lowest BCUT2D eigenvalue weighted by molar-refractivity contribution is 0.505. The predicted octanol–water partition coefficient (Wildman–Crippen LogP) is 3.25. The van der Waals surface area contributed by atoms with Crippen LogP contribution in [0.1, 0.15) is 34.6 Å². The Labute approximate surface area is 90.7 Å². The van der Waals surface area contributed by atoms with Crippen LogP contribution >= 0.6 is 0 Å². The van der Waals surface area contributed by atoms with Crippen LogP contribution in [0.4, 0.5) is 0 Å². The Hall–Kier alpha value is -0.630. The molecule has 0 heterocycles. The van der Waals surface area contributed by atoms with E-state index in [1.807, 2.05) is 46.8 Å². The summed E-state index contributed by atoms with van der Waals surface area (Å²) < 4.78 is 0. The van der Waals surface area contributed by atoms with E-state index in [-0.39, 0.29) is 0 Å². The molecule has 0 spiro atoms. The van der Waals surface area contributed by atoms with Gasteiger partial charge in [0.05, 0.1) is 0 Å². The monoisotopic (exact) mass is 200 g/mol. The van der Waals surface area contributed by atoms with Crippen molar-refractivity contribution < 1.29 is 0 Å². The van der Waals surface area contributed by atoms with Crippen LogP contribution in [0, 0.1) is 0 Å². The lowest BCUT2D eigenvalue weighted by Gasteiger charge is -1.90. The highest BCUT2D eigenvalue weighted by Gasteiger charge is 1.62. The topological polar surface area (TPSA) is 15.6 Å². The van der Waals surface area contributed by atoms with Crippen LogP contribution in [0.3, 0.4) is 0 Å². The zero-order valence-electron chi connectivity index (χ0n) is 11.5. The third kappa shape index (κ3) is 108. The van der Waals surface area contributed by atoms with Gasteiger partial charge in [0, 0.05) is 12.8 Å². The number of allylic oxidation sites excluding steroid dienone is 2. The Kier molecular flexibility index (Phi) is 20.2. The summed E-state index contributed by atoms with van der Waals surface area (Å²) in [5.74, 6) is 0. The van der Waals surface area contributed by atoms with E-state index in [2.05, 4.69) is 24.9 Å². The summed E-state index contributed by atoms with van der Waals surface area (Å²) in [6.07, 6.45) is 2.08. The number of hydrogen-bond donors (Lipinski definition) is 0. The molecule has 2 heteroatoms. The van der Waals surface area contributed by atoms with Crippen molar-refractivity contribution in [2.45, 2.75) is 34.6 Å². The lowest BCUT2D eigenvalue weighted by Crippen LogP contribution is -1.99. The summed E-state index contributed by atoms with van der Waals surface area (Å²) in [6, 6.07) is 0.